The number of nitrogens with two attached hydrogens (primary N) is 2. The topological polar surface area (TPSA) is 81.1 Å². The number of hydrogen-bond donors (Lipinski definition) is 3. The minimum absolute atomic E-state index is 0.0830. The average Bonchev–Trinajstić information content (AvgIpc) is 2.64. The molecule has 0 heterocycles. The number of carbonyl (C=O) groups is 1. The van der Waals surface area contributed by atoms with Gasteiger partial charge in [-0.05, 0) is 32.1 Å². The van der Waals surface area contributed by atoms with Crippen molar-refractivity contribution in [2.24, 2.45) is 23.3 Å². The molecule has 0 aromatic heterocycles. The predicted molar refractivity (Wildman–Crippen MR) is 65.8 cm³/mol. The minimum Gasteiger partial charge on any atom is -0.349 e. The van der Waals surface area contributed by atoms with E-state index in [9.17, 15) is 4.79 Å². The number of carbonyl (C=O) groups excluding carboxylic acids is 1. The van der Waals surface area contributed by atoms with Crippen molar-refractivity contribution in [2.75, 3.05) is 6.54 Å². The molecule has 0 aromatic carbocycles. The third kappa shape index (κ3) is 2.95. The Bertz CT molecular complexity index is 255. The fraction of sp³-hybridized carbons (Fsp3) is 0.917. The lowest BCUT2D eigenvalue weighted by Gasteiger charge is -2.34. The van der Waals surface area contributed by atoms with Gasteiger partial charge in [0.2, 0.25) is 5.91 Å². The van der Waals surface area contributed by atoms with Crippen LogP contribution in [0.5, 0.6) is 0 Å². The van der Waals surface area contributed by atoms with Crippen molar-refractivity contribution in [1.29, 1.82) is 0 Å². The van der Waals surface area contributed by atoms with E-state index in [0.717, 1.165) is 19.3 Å². The summed E-state index contributed by atoms with van der Waals surface area (Å²) < 4.78 is 0. The molecule has 1 rings (SSSR count). The van der Waals surface area contributed by atoms with Crippen molar-refractivity contribution >= 4 is 5.91 Å². The Kier molecular flexibility index (Phi) is 4.33. The average molecular weight is 227 g/mol. The summed E-state index contributed by atoms with van der Waals surface area (Å²) in [5, 5.41) is 3.09. The Balaban J connectivity index is 2.56. The highest BCUT2D eigenvalue weighted by Gasteiger charge is 2.34. The van der Waals surface area contributed by atoms with Gasteiger partial charge in [-0.2, -0.15) is 0 Å². The molecule has 0 aromatic rings. The monoisotopic (exact) mass is 227 g/mol. The molecule has 1 aliphatic rings. The third-order valence-corrected chi connectivity index (χ3v) is 3.95. The van der Waals surface area contributed by atoms with E-state index in [1.54, 1.807) is 0 Å². The van der Waals surface area contributed by atoms with Gasteiger partial charge in [0.15, 0.2) is 0 Å². The highest BCUT2D eigenvalue weighted by atomic mass is 16.2. The van der Waals surface area contributed by atoms with E-state index < -0.39 is 0 Å². The normalized spacial score (nSPS) is 29.1. The second-order valence-corrected chi connectivity index (χ2v) is 5.54. The smallest absolute Gasteiger partial charge is 0.223 e. The van der Waals surface area contributed by atoms with Crippen molar-refractivity contribution in [1.82, 2.24) is 5.32 Å². The summed E-state index contributed by atoms with van der Waals surface area (Å²) in [6, 6.07) is 0.193. The lowest BCUT2D eigenvalue weighted by molar-refractivity contribution is -0.127. The van der Waals surface area contributed by atoms with E-state index in [2.05, 4.69) is 19.2 Å². The Labute approximate surface area is 98.1 Å². The number of nitrogens with one attached hydrogen (secondary N) is 1. The minimum atomic E-state index is -0.302. The number of amides is 1. The molecule has 3 unspecified atom stereocenters. The molecule has 16 heavy (non-hydrogen) atoms. The van der Waals surface area contributed by atoms with Crippen LogP contribution in [0.3, 0.4) is 0 Å². The third-order valence-electron chi connectivity index (χ3n) is 3.95. The van der Waals surface area contributed by atoms with E-state index >= 15 is 0 Å². The van der Waals surface area contributed by atoms with E-state index in [4.69, 9.17) is 11.5 Å². The van der Waals surface area contributed by atoms with E-state index in [1.165, 1.54) is 0 Å². The van der Waals surface area contributed by atoms with Gasteiger partial charge in [0.1, 0.15) is 0 Å². The summed E-state index contributed by atoms with van der Waals surface area (Å²) in [7, 11) is 0. The van der Waals surface area contributed by atoms with E-state index in [-0.39, 0.29) is 23.4 Å². The van der Waals surface area contributed by atoms with Crippen LogP contribution in [-0.2, 0) is 4.79 Å². The first kappa shape index (κ1) is 13.5. The molecule has 0 saturated heterocycles. The molecule has 0 radical (unpaired) electrons. The molecule has 3 atom stereocenters. The molecule has 4 nitrogen and oxygen atoms in total. The van der Waals surface area contributed by atoms with Gasteiger partial charge in [0.05, 0.1) is 5.54 Å². The fourth-order valence-corrected chi connectivity index (χ4v) is 2.07. The quantitative estimate of drug-likeness (QED) is 0.658. The maximum absolute atomic E-state index is 12.0. The van der Waals surface area contributed by atoms with Gasteiger partial charge in [0.25, 0.3) is 0 Å². The van der Waals surface area contributed by atoms with Crippen LogP contribution in [0.1, 0.15) is 40.0 Å². The van der Waals surface area contributed by atoms with Crippen molar-refractivity contribution in [3.05, 3.63) is 0 Å². The molecule has 0 aliphatic heterocycles. The molecule has 94 valence electrons. The van der Waals surface area contributed by atoms with Crippen LogP contribution in [0.2, 0.25) is 0 Å². The van der Waals surface area contributed by atoms with Gasteiger partial charge >= 0.3 is 0 Å². The highest BCUT2D eigenvalue weighted by Crippen LogP contribution is 2.25. The molecule has 4 heteroatoms. The van der Waals surface area contributed by atoms with Crippen molar-refractivity contribution in [3.63, 3.8) is 0 Å². The molecular formula is C12H25N3O. The van der Waals surface area contributed by atoms with Gasteiger partial charge in [-0.1, -0.05) is 13.8 Å². The first-order chi connectivity index (χ1) is 7.39. The largest absolute Gasteiger partial charge is 0.349 e. The van der Waals surface area contributed by atoms with Crippen LogP contribution < -0.4 is 16.8 Å². The standard InChI is InChI=1S/C12H25N3O/c1-8(2)12(3,7-13)15-11(16)9-4-5-10(14)6-9/h8-10H,4-7,13-14H2,1-3H3,(H,15,16). The van der Waals surface area contributed by atoms with Crippen molar-refractivity contribution in [2.45, 2.75) is 51.6 Å². The summed E-state index contributed by atoms with van der Waals surface area (Å²) >= 11 is 0. The molecule has 1 amide bonds. The second-order valence-electron chi connectivity index (χ2n) is 5.54. The summed E-state index contributed by atoms with van der Waals surface area (Å²) in [4.78, 5) is 12.0. The second kappa shape index (κ2) is 5.15. The Morgan fingerprint density at radius 2 is 2.12 bits per heavy atom. The van der Waals surface area contributed by atoms with Crippen LogP contribution in [0.15, 0.2) is 0 Å². The maximum atomic E-state index is 12.0. The Morgan fingerprint density at radius 1 is 1.50 bits per heavy atom. The molecule has 1 aliphatic carbocycles. The van der Waals surface area contributed by atoms with Crippen LogP contribution in [0.25, 0.3) is 0 Å². The molecule has 0 spiro atoms. The molecule has 1 fully saturated rings. The lowest BCUT2D eigenvalue weighted by atomic mass is 9.87. The summed E-state index contributed by atoms with van der Waals surface area (Å²) in [6.07, 6.45) is 2.68. The molecule has 5 N–H and O–H groups in total. The molecular weight excluding hydrogens is 202 g/mol. The first-order valence-corrected chi connectivity index (χ1v) is 6.16. The van der Waals surface area contributed by atoms with Crippen LogP contribution in [0, 0.1) is 11.8 Å². The Morgan fingerprint density at radius 3 is 2.50 bits per heavy atom. The predicted octanol–water partition coefficient (Wildman–Crippen LogP) is 0.603. The van der Waals surface area contributed by atoms with Crippen LogP contribution >= 0.6 is 0 Å². The van der Waals surface area contributed by atoms with Crippen molar-refractivity contribution in [3.8, 4) is 0 Å². The molecule has 1 saturated carbocycles. The number of rotatable bonds is 4. The zero-order valence-electron chi connectivity index (χ0n) is 10.6. The lowest BCUT2D eigenvalue weighted by Crippen LogP contribution is -2.56. The summed E-state index contributed by atoms with van der Waals surface area (Å²) in [5.41, 5.74) is 11.3. The number of hydrogen-bond acceptors (Lipinski definition) is 3. The first-order valence-electron chi connectivity index (χ1n) is 6.16. The highest BCUT2D eigenvalue weighted by molar-refractivity contribution is 5.79. The SMILES string of the molecule is CC(C)C(C)(CN)NC(=O)C1CCC(N)C1. The van der Waals surface area contributed by atoms with E-state index in [0.29, 0.717) is 12.5 Å². The van der Waals surface area contributed by atoms with Gasteiger partial charge < -0.3 is 16.8 Å². The summed E-state index contributed by atoms with van der Waals surface area (Å²) in [6.45, 7) is 6.63. The van der Waals surface area contributed by atoms with E-state index in [1.807, 2.05) is 6.92 Å². The Hall–Kier alpha value is -0.610. The van der Waals surface area contributed by atoms with Gasteiger partial charge in [-0.3, -0.25) is 4.79 Å². The van der Waals surface area contributed by atoms with Gasteiger partial charge in [0, 0.05) is 18.5 Å². The maximum Gasteiger partial charge on any atom is 0.223 e. The van der Waals surface area contributed by atoms with Gasteiger partial charge in [-0.15, -0.1) is 0 Å². The van der Waals surface area contributed by atoms with Crippen LogP contribution in [0.4, 0.5) is 0 Å². The van der Waals surface area contributed by atoms with Gasteiger partial charge in [-0.25, -0.2) is 0 Å². The zero-order chi connectivity index (χ0) is 12.3. The fourth-order valence-electron chi connectivity index (χ4n) is 2.07. The van der Waals surface area contributed by atoms with Crippen molar-refractivity contribution < 1.29 is 4.79 Å². The molecule has 0 bridgehead atoms. The zero-order valence-corrected chi connectivity index (χ0v) is 10.6. The van der Waals surface area contributed by atoms with Crippen LogP contribution in [-0.4, -0.2) is 24.0 Å². The summed E-state index contributed by atoms with van der Waals surface area (Å²) in [5.74, 6) is 0.533.